The molecule has 0 unspecified atom stereocenters. The van der Waals surface area contributed by atoms with Crippen LogP contribution in [0.4, 0.5) is 5.69 Å². The minimum absolute atomic E-state index is 0.371. The Balaban J connectivity index is 2.07. The van der Waals surface area contributed by atoms with Crippen molar-refractivity contribution in [3.63, 3.8) is 0 Å². The third-order valence-corrected chi connectivity index (χ3v) is 3.67. The van der Waals surface area contributed by atoms with Crippen LogP contribution in [0.25, 0.3) is 0 Å². The Bertz CT molecular complexity index is 882. The van der Waals surface area contributed by atoms with Crippen molar-refractivity contribution in [1.82, 2.24) is 5.43 Å². The second-order valence-corrected chi connectivity index (χ2v) is 5.30. The molecule has 9 nitrogen and oxygen atoms in total. The van der Waals surface area contributed by atoms with Gasteiger partial charge in [0.25, 0.3) is 0 Å². The van der Waals surface area contributed by atoms with Gasteiger partial charge in [0.05, 0.1) is 40.3 Å². The van der Waals surface area contributed by atoms with Crippen LogP contribution in [-0.4, -0.2) is 46.5 Å². The fraction of sp³-hybridized carbons (Fsp3) is 0.211. The summed E-state index contributed by atoms with van der Waals surface area (Å²) >= 11 is 0. The summed E-state index contributed by atoms with van der Waals surface area (Å²) in [6.45, 7) is 0. The molecule has 0 heterocycles. The molecule has 2 amide bonds. The molecule has 2 aromatic rings. The molecule has 0 aromatic heterocycles. The number of carbonyl (C=O) groups excluding carboxylic acids is 2. The zero-order valence-corrected chi connectivity index (χ0v) is 15.9. The van der Waals surface area contributed by atoms with Crippen LogP contribution in [0.1, 0.15) is 5.56 Å². The Hall–Kier alpha value is -3.75. The summed E-state index contributed by atoms with van der Waals surface area (Å²) in [4.78, 5) is 24.0. The monoisotopic (exact) mass is 387 g/mol. The highest BCUT2D eigenvalue weighted by Gasteiger charge is 2.15. The number of rotatable bonds is 7. The van der Waals surface area contributed by atoms with Gasteiger partial charge < -0.3 is 24.3 Å². The predicted molar refractivity (Wildman–Crippen MR) is 103 cm³/mol. The van der Waals surface area contributed by atoms with E-state index < -0.39 is 11.8 Å². The number of para-hydroxylation sites is 2. The fourth-order valence-corrected chi connectivity index (χ4v) is 2.29. The second kappa shape index (κ2) is 9.81. The van der Waals surface area contributed by atoms with E-state index in [1.807, 2.05) is 0 Å². The van der Waals surface area contributed by atoms with E-state index in [-0.39, 0.29) is 0 Å². The number of nitrogens with one attached hydrogen (secondary N) is 2. The number of methoxy groups -OCH3 is 4. The molecule has 0 saturated heterocycles. The van der Waals surface area contributed by atoms with Crippen molar-refractivity contribution < 1.29 is 28.5 Å². The predicted octanol–water partition coefficient (Wildman–Crippen LogP) is 1.81. The number of hydrogen-bond donors (Lipinski definition) is 2. The normalized spacial score (nSPS) is 10.3. The van der Waals surface area contributed by atoms with Crippen LogP contribution in [0.3, 0.4) is 0 Å². The van der Waals surface area contributed by atoms with E-state index in [0.29, 0.717) is 34.2 Å². The van der Waals surface area contributed by atoms with Crippen molar-refractivity contribution in [2.45, 2.75) is 0 Å². The Morgan fingerprint density at radius 3 is 2.07 bits per heavy atom. The van der Waals surface area contributed by atoms with Crippen molar-refractivity contribution in [2.24, 2.45) is 5.10 Å². The molecule has 0 aliphatic carbocycles. The first kappa shape index (κ1) is 20.6. The van der Waals surface area contributed by atoms with Crippen LogP contribution in [0.2, 0.25) is 0 Å². The van der Waals surface area contributed by atoms with Crippen LogP contribution >= 0.6 is 0 Å². The van der Waals surface area contributed by atoms with Gasteiger partial charge in [0, 0.05) is 11.6 Å². The third kappa shape index (κ3) is 4.91. The molecule has 148 valence electrons. The van der Waals surface area contributed by atoms with Crippen LogP contribution in [-0.2, 0) is 9.59 Å². The molecule has 0 bridgehead atoms. The highest BCUT2D eigenvalue weighted by molar-refractivity contribution is 6.39. The molecule has 0 saturated carbocycles. The summed E-state index contributed by atoms with van der Waals surface area (Å²) < 4.78 is 20.8. The van der Waals surface area contributed by atoms with Crippen molar-refractivity contribution in [2.75, 3.05) is 33.8 Å². The number of hydrazone groups is 1. The van der Waals surface area contributed by atoms with Gasteiger partial charge in [-0.05, 0) is 18.2 Å². The first-order valence-electron chi connectivity index (χ1n) is 8.11. The fourth-order valence-electron chi connectivity index (χ4n) is 2.29. The van der Waals surface area contributed by atoms with E-state index in [0.717, 1.165) is 0 Å². The average Bonchev–Trinajstić information content (AvgIpc) is 2.73. The van der Waals surface area contributed by atoms with Gasteiger partial charge in [-0.3, -0.25) is 9.59 Å². The molecule has 0 atom stereocenters. The Labute approximate surface area is 162 Å². The largest absolute Gasteiger partial charge is 0.496 e. The highest BCUT2D eigenvalue weighted by Crippen LogP contribution is 2.33. The first-order chi connectivity index (χ1) is 13.5. The third-order valence-electron chi connectivity index (χ3n) is 3.67. The first-order valence-corrected chi connectivity index (χ1v) is 8.11. The Kier molecular flexibility index (Phi) is 7.21. The molecular weight excluding hydrogens is 366 g/mol. The van der Waals surface area contributed by atoms with E-state index in [1.165, 1.54) is 34.7 Å². The number of carbonyl (C=O) groups is 2. The molecule has 9 heteroatoms. The topological polar surface area (TPSA) is 107 Å². The van der Waals surface area contributed by atoms with E-state index >= 15 is 0 Å². The Morgan fingerprint density at radius 1 is 0.821 bits per heavy atom. The summed E-state index contributed by atoms with van der Waals surface area (Å²) in [6, 6.07) is 9.97. The lowest BCUT2D eigenvalue weighted by molar-refractivity contribution is -0.136. The molecule has 0 aliphatic heterocycles. The summed E-state index contributed by atoms with van der Waals surface area (Å²) in [5, 5.41) is 6.25. The molecule has 0 aliphatic rings. The van der Waals surface area contributed by atoms with Gasteiger partial charge in [-0.2, -0.15) is 5.10 Å². The molecule has 0 fully saturated rings. The molecule has 0 spiro atoms. The highest BCUT2D eigenvalue weighted by atomic mass is 16.5. The quantitative estimate of drug-likeness (QED) is 0.426. The van der Waals surface area contributed by atoms with Gasteiger partial charge in [0.2, 0.25) is 0 Å². The molecule has 2 rings (SSSR count). The smallest absolute Gasteiger partial charge is 0.329 e. The van der Waals surface area contributed by atoms with Gasteiger partial charge in [-0.25, -0.2) is 5.43 Å². The van der Waals surface area contributed by atoms with E-state index in [4.69, 9.17) is 18.9 Å². The number of amides is 2. The van der Waals surface area contributed by atoms with Crippen molar-refractivity contribution in [3.8, 4) is 23.0 Å². The number of anilines is 1. The Morgan fingerprint density at radius 2 is 1.43 bits per heavy atom. The maximum absolute atomic E-state index is 12.0. The van der Waals surface area contributed by atoms with E-state index in [2.05, 4.69) is 15.8 Å². The zero-order chi connectivity index (χ0) is 20.5. The van der Waals surface area contributed by atoms with Gasteiger partial charge in [0.1, 0.15) is 11.5 Å². The van der Waals surface area contributed by atoms with Crippen molar-refractivity contribution >= 4 is 23.7 Å². The number of hydrogen-bond acceptors (Lipinski definition) is 7. The lowest BCUT2D eigenvalue weighted by atomic mass is 10.2. The summed E-state index contributed by atoms with van der Waals surface area (Å²) in [5.74, 6) is 0.000535. The molecule has 28 heavy (non-hydrogen) atoms. The molecule has 0 radical (unpaired) electrons. The number of nitrogens with zero attached hydrogens (tertiary/aromatic N) is 1. The van der Waals surface area contributed by atoms with Crippen molar-refractivity contribution in [3.05, 3.63) is 42.0 Å². The standard InChI is InChI=1S/C19H21N3O6/c1-25-14-8-6-5-7-13(14)21-18(23)19(24)22-20-11-12-9-16(27-3)17(28-4)10-15(12)26-2/h5-11H,1-4H3,(H,21,23)(H,22,24)/b20-11+. The second-order valence-electron chi connectivity index (χ2n) is 5.30. The SMILES string of the molecule is COc1cc(OC)c(OC)cc1/C=N/NC(=O)C(=O)Nc1ccccc1OC. The van der Waals surface area contributed by atoms with Gasteiger partial charge in [-0.1, -0.05) is 12.1 Å². The lowest BCUT2D eigenvalue weighted by Gasteiger charge is -2.11. The minimum atomic E-state index is -0.943. The molecule has 2 aromatic carbocycles. The summed E-state index contributed by atoms with van der Waals surface area (Å²) in [6.07, 6.45) is 1.33. The summed E-state index contributed by atoms with van der Waals surface area (Å²) in [5.41, 5.74) is 3.05. The average molecular weight is 387 g/mol. The van der Waals surface area contributed by atoms with Gasteiger partial charge in [0.15, 0.2) is 11.5 Å². The van der Waals surface area contributed by atoms with E-state index in [1.54, 1.807) is 36.4 Å². The summed E-state index contributed by atoms with van der Waals surface area (Å²) in [7, 11) is 5.95. The number of benzene rings is 2. The number of ether oxygens (including phenoxy) is 4. The maximum Gasteiger partial charge on any atom is 0.329 e. The van der Waals surface area contributed by atoms with Gasteiger partial charge >= 0.3 is 11.8 Å². The van der Waals surface area contributed by atoms with Crippen LogP contribution in [0.5, 0.6) is 23.0 Å². The van der Waals surface area contributed by atoms with Gasteiger partial charge in [-0.15, -0.1) is 0 Å². The van der Waals surface area contributed by atoms with Crippen LogP contribution in [0, 0.1) is 0 Å². The lowest BCUT2D eigenvalue weighted by Crippen LogP contribution is -2.32. The molecular formula is C19H21N3O6. The van der Waals surface area contributed by atoms with Crippen LogP contribution in [0.15, 0.2) is 41.5 Å². The van der Waals surface area contributed by atoms with Crippen molar-refractivity contribution in [1.29, 1.82) is 0 Å². The maximum atomic E-state index is 12.0. The molecule has 2 N–H and O–H groups in total. The van der Waals surface area contributed by atoms with Crippen LogP contribution < -0.4 is 29.7 Å². The minimum Gasteiger partial charge on any atom is -0.496 e. The zero-order valence-electron chi connectivity index (χ0n) is 15.9. The van der Waals surface area contributed by atoms with E-state index in [9.17, 15) is 9.59 Å².